The average Bonchev–Trinajstić information content (AvgIpc) is 2.61. The van der Waals surface area contributed by atoms with Gasteiger partial charge in [0.05, 0.1) is 11.6 Å². The molecular weight excluding hydrogens is 304 g/mol. The van der Waals surface area contributed by atoms with Crippen LogP contribution in [0.3, 0.4) is 0 Å². The van der Waals surface area contributed by atoms with E-state index in [9.17, 15) is 9.59 Å². The van der Waals surface area contributed by atoms with Gasteiger partial charge < -0.3 is 15.4 Å². The summed E-state index contributed by atoms with van der Waals surface area (Å²) in [5.74, 6) is 0.295. The molecule has 2 aliphatic rings. The molecule has 0 fully saturated rings. The van der Waals surface area contributed by atoms with Crippen LogP contribution in [-0.4, -0.2) is 18.4 Å². The van der Waals surface area contributed by atoms with E-state index in [0.29, 0.717) is 17.1 Å². The number of hydrogen-bond acceptors (Lipinski definition) is 3. The Bertz CT molecular complexity index is 816. The van der Waals surface area contributed by atoms with Crippen molar-refractivity contribution in [3.8, 4) is 5.75 Å². The first kappa shape index (κ1) is 14.8. The minimum absolute atomic E-state index is 0.000397. The molecule has 2 N–H and O–H groups in total. The molecule has 5 nitrogen and oxygen atoms in total. The first-order valence-electron chi connectivity index (χ1n) is 8.16. The van der Waals surface area contributed by atoms with E-state index >= 15 is 0 Å². The van der Waals surface area contributed by atoms with Gasteiger partial charge >= 0.3 is 0 Å². The van der Waals surface area contributed by atoms with Gasteiger partial charge in [-0.1, -0.05) is 24.3 Å². The highest BCUT2D eigenvalue weighted by Gasteiger charge is 2.26. The standard InChI is InChI=1S/C19H18N2O3/c22-18-11-24-17-10-13(8-9-16(17)21-18)20-19(23)15-7-3-5-12-4-1-2-6-14(12)15/h1-2,4,6,8-10,15H,3,5,7,11H2,(H,20,23)(H,21,22)/t15-/m1/s1. The van der Waals surface area contributed by atoms with Crippen LogP contribution >= 0.6 is 0 Å². The van der Waals surface area contributed by atoms with Crippen molar-refractivity contribution in [1.82, 2.24) is 0 Å². The Kier molecular flexibility index (Phi) is 3.69. The summed E-state index contributed by atoms with van der Waals surface area (Å²) in [6.07, 6.45) is 2.92. The Labute approximate surface area is 140 Å². The summed E-state index contributed by atoms with van der Waals surface area (Å²) in [6.45, 7) is 0.000397. The molecule has 0 spiro atoms. The monoisotopic (exact) mass is 322 g/mol. The van der Waals surface area contributed by atoms with Crippen molar-refractivity contribution in [2.45, 2.75) is 25.2 Å². The van der Waals surface area contributed by atoms with Gasteiger partial charge in [0.15, 0.2) is 6.61 Å². The summed E-state index contributed by atoms with van der Waals surface area (Å²) in [4.78, 5) is 24.0. The smallest absolute Gasteiger partial charge is 0.262 e. The second-order valence-electron chi connectivity index (χ2n) is 6.18. The third kappa shape index (κ3) is 2.73. The van der Waals surface area contributed by atoms with Gasteiger partial charge in [-0.25, -0.2) is 0 Å². The molecule has 1 heterocycles. The Morgan fingerprint density at radius 2 is 2.08 bits per heavy atom. The summed E-state index contributed by atoms with van der Waals surface area (Å²) in [7, 11) is 0. The predicted octanol–water partition coefficient (Wildman–Crippen LogP) is 3.08. The van der Waals surface area contributed by atoms with Crippen molar-refractivity contribution in [3.05, 3.63) is 53.6 Å². The number of amides is 2. The lowest BCUT2D eigenvalue weighted by Crippen LogP contribution is -2.26. The first-order valence-corrected chi connectivity index (χ1v) is 8.16. The fraction of sp³-hybridized carbons (Fsp3) is 0.263. The molecule has 0 radical (unpaired) electrons. The molecule has 0 bridgehead atoms. The van der Waals surface area contributed by atoms with Gasteiger partial charge in [-0.05, 0) is 42.5 Å². The molecule has 122 valence electrons. The molecular formula is C19H18N2O3. The number of nitrogens with one attached hydrogen (secondary N) is 2. The van der Waals surface area contributed by atoms with Crippen molar-refractivity contribution >= 4 is 23.2 Å². The molecule has 24 heavy (non-hydrogen) atoms. The van der Waals surface area contributed by atoms with Crippen LogP contribution in [-0.2, 0) is 16.0 Å². The van der Waals surface area contributed by atoms with Crippen LogP contribution < -0.4 is 15.4 Å². The van der Waals surface area contributed by atoms with Crippen molar-refractivity contribution in [2.24, 2.45) is 0 Å². The second kappa shape index (κ2) is 6.00. The molecule has 0 aromatic heterocycles. The van der Waals surface area contributed by atoms with Crippen LogP contribution in [0, 0.1) is 0 Å². The number of benzene rings is 2. The van der Waals surface area contributed by atoms with Crippen LogP contribution in [0.4, 0.5) is 11.4 Å². The van der Waals surface area contributed by atoms with E-state index < -0.39 is 0 Å². The van der Waals surface area contributed by atoms with E-state index in [0.717, 1.165) is 24.8 Å². The minimum Gasteiger partial charge on any atom is -0.482 e. The molecule has 0 unspecified atom stereocenters. The number of carbonyl (C=O) groups excluding carboxylic acids is 2. The Hall–Kier alpha value is -2.82. The van der Waals surface area contributed by atoms with Crippen molar-refractivity contribution in [3.63, 3.8) is 0 Å². The van der Waals surface area contributed by atoms with E-state index in [2.05, 4.69) is 16.7 Å². The van der Waals surface area contributed by atoms with Gasteiger partial charge in [-0.15, -0.1) is 0 Å². The maximum absolute atomic E-state index is 12.7. The van der Waals surface area contributed by atoms with Gasteiger partial charge in [0, 0.05) is 11.8 Å². The van der Waals surface area contributed by atoms with E-state index in [1.807, 2.05) is 18.2 Å². The zero-order valence-electron chi connectivity index (χ0n) is 13.2. The zero-order chi connectivity index (χ0) is 16.5. The molecule has 2 aromatic rings. The van der Waals surface area contributed by atoms with E-state index in [1.165, 1.54) is 5.56 Å². The van der Waals surface area contributed by atoms with Crippen molar-refractivity contribution in [2.75, 3.05) is 17.2 Å². The third-order valence-corrected chi connectivity index (χ3v) is 4.57. The second-order valence-corrected chi connectivity index (χ2v) is 6.18. The van der Waals surface area contributed by atoms with Crippen molar-refractivity contribution in [1.29, 1.82) is 0 Å². The average molecular weight is 322 g/mol. The fourth-order valence-electron chi connectivity index (χ4n) is 3.41. The number of ether oxygens (including phenoxy) is 1. The molecule has 5 heteroatoms. The summed E-state index contributed by atoms with van der Waals surface area (Å²) < 4.78 is 5.40. The molecule has 0 saturated heterocycles. The number of hydrogen-bond donors (Lipinski definition) is 2. The SMILES string of the molecule is O=C1COc2cc(NC(=O)[C@@H]3CCCc4ccccc43)ccc2N1. The molecule has 1 aliphatic carbocycles. The maximum Gasteiger partial charge on any atom is 0.262 e. The van der Waals surface area contributed by atoms with E-state index in [4.69, 9.17) is 4.74 Å². The summed E-state index contributed by atoms with van der Waals surface area (Å²) >= 11 is 0. The number of anilines is 2. The zero-order valence-corrected chi connectivity index (χ0v) is 13.2. The van der Waals surface area contributed by atoms with Gasteiger partial charge in [0.25, 0.3) is 5.91 Å². The Morgan fingerprint density at radius 3 is 3.00 bits per heavy atom. The van der Waals surface area contributed by atoms with Crippen molar-refractivity contribution < 1.29 is 14.3 Å². The highest BCUT2D eigenvalue weighted by Crippen LogP contribution is 2.34. The van der Waals surface area contributed by atoms with Crippen LogP contribution in [0.1, 0.15) is 29.9 Å². The minimum atomic E-state index is -0.168. The molecule has 4 rings (SSSR count). The summed E-state index contributed by atoms with van der Waals surface area (Å²) in [6, 6.07) is 13.4. The molecule has 2 aromatic carbocycles. The third-order valence-electron chi connectivity index (χ3n) is 4.57. The number of fused-ring (bicyclic) bond motifs is 2. The largest absolute Gasteiger partial charge is 0.482 e. The number of rotatable bonds is 2. The van der Waals surface area contributed by atoms with Crippen LogP contribution in [0.5, 0.6) is 5.75 Å². The molecule has 0 saturated carbocycles. The summed E-state index contributed by atoms with van der Waals surface area (Å²) in [5, 5.41) is 5.72. The van der Waals surface area contributed by atoms with E-state index in [-0.39, 0.29) is 24.3 Å². The topological polar surface area (TPSA) is 67.4 Å². The van der Waals surface area contributed by atoms with Crippen LogP contribution in [0.15, 0.2) is 42.5 Å². The first-order chi connectivity index (χ1) is 11.7. The molecule has 1 atom stereocenters. The highest BCUT2D eigenvalue weighted by atomic mass is 16.5. The number of carbonyl (C=O) groups is 2. The van der Waals surface area contributed by atoms with E-state index in [1.54, 1.807) is 18.2 Å². The van der Waals surface area contributed by atoms with Crippen LogP contribution in [0.25, 0.3) is 0 Å². The fourth-order valence-corrected chi connectivity index (χ4v) is 3.41. The molecule has 1 aliphatic heterocycles. The van der Waals surface area contributed by atoms with Gasteiger partial charge in [0.1, 0.15) is 5.75 Å². The normalized spacial score (nSPS) is 18.7. The van der Waals surface area contributed by atoms with Gasteiger partial charge in [0.2, 0.25) is 5.91 Å². The highest BCUT2D eigenvalue weighted by molar-refractivity contribution is 5.98. The van der Waals surface area contributed by atoms with Gasteiger partial charge in [-0.3, -0.25) is 9.59 Å². The lowest BCUT2D eigenvalue weighted by atomic mass is 9.82. The lowest BCUT2D eigenvalue weighted by Gasteiger charge is -2.25. The van der Waals surface area contributed by atoms with Crippen LogP contribution in [0.2, 0.25) is 0 Å². The number of aryl methyl sites for hydroxylation is 1. The lowest BCUT2D eigenvalue weighted by molar-refractivity contribution is -0.119. The summed E-state index contributed by atoms with van der Waals surface area (Å²) in [5.41, 5.74) is 3.70. The Balaban J connectivity index is 1.54. The van der Waals surface area contributed by atoms with Gasteiger partial charge in [-0.2, -0.15) is 0 Å². The quantitative estimate of drug-likeness (QED) is 0.893. The maximum atomic E-state index is 12.7. The predicted molar refractivity (Wildman–Crippen MR) is 91.3 cm³/mol. The Morgan fingerprint density at radius 1 is 1.21 bits per heavy atom. The molecule has 2 amide bonds.